The third kappa shape index (κ3) is 3.59. The topological polar surface area (TPSA) is 43.8 Å². The second-order valence-corrected chi connectivity index (χ2v) is 6.45. The van der Waals surface area contributed by atoms with E-state index in [0.29, 0.717) is 6.04 Å². The lowest BCUT2D eigenvalue weighted by Crippen LogP contribution is -2.46. The minimum atomic E-state index is -0.0203. The molecule has 2 rings (SSSR count). The first kappa shape index (κ1) is 14.6. The summed E-state index contributed by atoms with van der Waals surface area (Å²) >= 11 is 0. The minimum absolute atomic E-state index is 0.0203. The summed E-state index contributed by atoms with van der Waals surface area (Å²) in [7, 11) is 0. The van der Waals surface area contributed by atoms with Crippen molar-refractivity contribution < 1.29 is 0 Å². The molecule has 2 N–H and O–H groups in total. The van der Waals surface area contributed by atoms with E-state index in [0.717, 1.165) is 25.2 Å². The van der Waals surface area contributed by atoms with E-state index in [1.165, 1.54) is 31.4 Å². The van der Waals surface area contributed by atoms with Crippen molar-refractivity contribution in [3.63, 3.8) is 0 Å². The van der Waals surface area contributed by atoms with Gasteiger partial charge in [-0.25, -0.2) is 0 Å². The van der Waals surface area contributed by atoms with Crippen molar-refractivity contribution in [3.8, 4) is 0 Å². The summed E-state index contributed by atoms with van der Waals surface area (Å²) in [5, 5.41) is 4.71. The van der Waals surface area contributed by atoms with Crippen LogP contribution in [0.25, 0.3) is 0 Å². The second-order valence-electron chi connectivity index (χ2n) is 6.45. The van der Waals surface area contributed by atoms with Crippen LogP contribution in [0.4, 0.5) is 0 Å². The highest BCUT2D eigenvalue weighted by Gasteiger charge is 2.32. The molecule has 1 aromatic heterocycles. The zero-order chi connectivity index (χ0) is 13.9. The summed E-state index contributed by atoms with van der Waals surface area (Å²) in [5.74, 6) is 0.815. The maximum absolute atomic E-state index is 6.63. The lowest BCUT2D eigenvalue weighted by Gasteiger charge is -2.37. The molecule has 1 aromatic rings. The van der Waals surface area contributed by atoms with E-state index in [9.17, 15) is 0 Å². The fourth-order valence-electron chi connectivity index (χ4n) is 3.30. The van der Waals surface area contributed by atoms with Gasteiger partial charge in [0.1, 0.15) is 0 Å². The molecule has 1 fully saturated rings. The summed E-state index contributed by atoms with van der Waals surface area (Å²) in [6.45, 7) is 6.69. The maximum atomic E-state index is 6.63. The van der Waals surface area contributed by atoms with Crippen LogP contribution in [-0.4, -0.2) is 15.3 Å². The Morgan fingerprint density at radius 1 is 1.53 bits per heavy atom. The van der Waals surface area contributed by atoms with Crippen molar-refractivity contribution in [2.45, 2.75) is 77.3 Å². The first-order chi connectivity index (χ1) is 9.06. The van der Waals surface area contributed by atoms with Crippen LogP contribution in [0.15, 0.2) is 12.3 Å². The summed E-state index contributed by atoms with van der Waals surface area (Å²) in [5.41, 5.74) is 7.77. The van der Waals surface area contributed by atoms with Crippen LogP contribution in [-0.2, 0) is 6.42 Å². The monoisotopic (exact) mass is 263 g/mol. The second kappa shape index (κ2) is 6.08. The number of nitrogens with zero attached hydrogens (tertiary/aromatic N) is 2. The van der Waals surface area contributed by atoms with E-state index in [-0.39, 0.29) is 5.54 Å². The molecule has 19 heavy (non-hydrogen) atoms. The standard InChI is InChI=1S/C16H29N3/c1-4-13(3)19-10-8-15(18-19)12-16(17)9-6-7-14(5-2)11-16/h8,10,13-14H,4-7,9,11-12,17H2,1-3H3. The van der Waals surface area contributed by atoms with Gasteiger partial charge in [-0.3, -0.25) is 4.68 Å². The molecule has 0 bridgehead atoms. The van der Waals surface area contributed by atoms with Crippen LogP contribution in [0, 0.1) is 5.92 Å². The molecule has 3 unspecified atom stereocenters. The third-order valence-corrected chi connectivity index (χ3v) is 4.80. The summed E-state index contributed by atoms with van der Waals surface area (Å²) < 4.78 is 2.08. The van der Waals surface area contributed by atoms with E-state index in [1.54, 1.807) is 0 Å². The van der Waals surface area contributed by atoms with Gasteiger partial charge >= 0.3 is 0 Å². The number of aromatic nitrogens is 2. The first-order valence-corrected chi connectivity index (χ1v) is 7.89. The van der Waals surface area contributed by atoms with E-state index < -0.39 is 0 Å². The molecular weight excluding hydrogens is 234 g/mol. The van der Waals surface area contributed by atoms with Crippen LogP contribution in [0.2, 0.25) is 0 Å². The number of hydrogen-bond acceptors (Lipinski definition) is 2. The van der Waals surface area contributed by atoms with Crippen molar-refractivity contribution in [2.75, 3.05) is 0 Å². The van der Waals surface area contributed by atoms with E-state index >= 15 is 0 Å². The molecule has 0 amide bonds. The lowest BCUT2D eigenvalue weighted by molar-refractivity contribution is 0.216. The van der Waals surface area contributed by atoms with Gasteiger partial charge < -0.3 is 5.73 Å². The molecule has 1 saturated carbocycles. The number of hydrogen-bond donors (Lipinski definition) is 1. The quantitative estimate of drug-likeness (QED) is 0.880. The molecule has 1 aliphatic carbocycles. The van der Waals surface area contributed by atoms with Crippen molar-refractivity contribution in [2.24, 2.45) is 11.7 Å². The Morgan fingerprint density at radius 3 is 3.00 bits per heavy atom. The van der Waals surface area contributed by atoms with Gasteiger partial charge in [0.15, 0.2) is 0 Å². The normalized spacial score (nSPS) is 29.4. The molecule has 3 heteroatoms. The average molecular weight is 263 g/mol. The van der Waals surface area contributed by atoms with Crippen LogP contribution in [0.3, 0.4) is 0 Å². The smallest absolute Gasteiger partial charge is 0.0643 e. The highest BCUT2D eigenvalue weighted by atomic mass is 15.3. The van der Waals surface area contributed by atoms with Gasteiger partial charge in [-0.2, -0.15) is 5.10 Å². The van der Waals surface area contributed by atoms with E-state index in [1.807, 2.05) is 0 Å². The largest absolute Gasteiger partial charge is 0.325 e. The molecule has 0 saturated heterocycles. The molecule has 3 nitrogen and oxygen atoms in total. The van der Waals surface area contributed by atoms with Crippen molar-refractivity contribution in [1.82, 2.24) is 9.78 Å². The Morgan fingerprint density at radius 2 is 2.32 bits per heavy atom. The highest BCUT2D eigenvalue weighted by molar-refractivity contribution is 5.07. The van der Waals surface area contributed by atoms with Crippen molar-refractivity contribution in [1.29, 1.82) is 0 Å². The Balaban J connectivity index is 2.01. The summed E-state index contributed by atoms with van der Waals surface area (Å²) in [6.07, 6.45) is 10.4. The van der Waals surface area contributed by atoms with Crippen LogP contribution in [0.5, 0.6) is 0 Å². The number of nitrogens with two attached hydrogens (primary N) is 1. The lowest BCUT2D eigenvalue weighted by atomic mass is 9.73. The third-order valence-electron chi connectivity index (χ3n) is 4.80. The fraction of sp³-hybridized carbons (Fsp3) is 0.812. The SMILES string of the molecule is CCC1CCCC(N)(Cc2ccn(C(C)CC)n2)C1. The molecule has 3 atom stereocenters. The predicted octanol–water partition coefficient (Wildman–Crippen LogP) is 3.69. The van der Waals surface area contributed by atoms with Gasteiger partial charge in [-0.15, -0.1) is 0 Å². The first-order valence-electron chi connectivity index (χ1n) is 7.89. The van der Waals surface area contributed by atoms with Crippen molar-refractivity contribution in [3.05, 3.63) is 18.0 Å². The van der Waals surface area contributed by atoms with Gasteiger partial charge in [0.05, 0.1) is 5.69 Å². The molecule has 108 valence electrons. The fourth-order valence-corrected chi connectivity index (χ4v) is 3.30. The van der Waals surface area contributed by atoms with Crippen LogP contribution < -0.4 is 5.73 Å². The summed E-state index contributed by atoms with van der Waals surface area (Å²) in [6, 6.07) is 2.63. The zero-order valence-electron chi connectivity index (χ0n) is 12.7. The maximum Gasteiger partial charge on any atom is 0.0643 e. The van der Waals surface area contributed by atoms with Gasteiger partial charge in [-0.1, -0.05) is 33.1 Å². The predicted molar refractivity (Wildman–Crippen MR) is 80.1 cm³/mol. The van der Waals surface area contributed by atoms with Crippen molar-refractivity contribution >= 4 is 0 Å². The van der Waals surface area contributed by atoms with Crippen LogP contribution in [0.1, 0.15) is 71.0 Å². The molecule has 0 aliphatic heterocycles. The summed E-state index contributed by atoms with van der Waals surface area (Å²) in [4.78, 5) is 0. The van der Waals surface area contributed by atoms with Crippen LogP contribution >= 0.6 is 0 Å². The number of rotatable bonds is 5. The Labute approximate surface area is 117 Å². The van der Waals surface area contributed by atoms with Gasteiger partial charge in [0.2, 0.25) is 0 Å². The van der Waals surface area contributed by atoms with Gasteiger partial charge in [-0.05, 0) is 38.2 Å². The highest BCUT2D eigenvalue weighted by Crippen LogP contribution is 2.34. The Bertz CT molecular complexity index is 398. The molecule has 0 spiro atoms. The molecule has 0 radical (unpaired) electrons. The molecule has 1 aliphatic rings. The van der Waals surface area contributed by atoms with Gasteiger partial charge in [0, 0.05) is 24.2 Å². The zero-order valence-corrected chi connectivity index (χ0v) is 12.7. The van der Waals surface area contributed by atoms with E-state index in [4.69, 9.17) is 10.8 Å². The molecular formula is C16H29N3. The molecule has 0 aromatic carbocycles. The van der Waals surface area contributed by atoms with E-state index in [2.05, 4.69) is 37.7 Å². The van der Waals surface area contributed by atoms with Gasteiger partial charge in [0.25, 0.3) is 0 Å². The average Bonchev–Trinajstić information content (AvgIpc) is 2.85. The molecule has 1 heterocycles. The minimum Gasteiger partial charge on any atom is -0.325 e. The Hall–Kier alpha value is -0.830. The Kier molecular flexibility index (Phi) is 4.67.